The molecule has 5 rings (SSSR count). The molecular formula is C28H25F3N6O3. The molecule has 0 bridgehead atoms. The predicted molar refractivity (Wildman–Crippen MR) is 143 cm³/mol. The Hall–Kier alpha value is -4.74. The van der Waals surface area contributed by atoms with E-state index in [0.717, 1.165) is 16.7 Å². The summed E-state index contributed by atoms with van der Waals surface area (Å²) in [5.41, 5.74) is 4.18. The Morgan fingerprint density at radius 1 is 1.02 bits per heavy atom. The number of ether oxygens (including phenoxy) is 1. The highest BCUT2D eigenvalue weighted by atomic mass is 19.4. The summed E-state index contributed by atoms with van der Waals surface area (Å²) in [4.78, 5) is 38.1. The van der Waals surface area contributed by atoms with Crippen molar-refractivity contribution in [1.29, 1.82) is 0 Å². The van der Waals surface area contributed by atoms with E-state index in [9.17, 15) is 22.8 Å². The molecule has 1 unspecified atom stereocenters. The average molecular weight is 551 g/mol. The summed E-state index contributed by atoms with van der Waals surface area (Å²) in [7, 11) is 1.60. The number of fused-ring (bicyclic) bond motifs is 1. The molecule has 0 radical (unpaired) electrons. The lowest BCUT2D eigenvalue weighted by atomic mass is 10.0. The second-order valence-electron chi connectivity index (χ2n) is 9.26. The van der Waals surface area contributed by atoms with Crippen molar-refractivity contribution >= 4 is 28.9 Å². The summed E-state index contributed by atoms with van der Waals surface area (Å²) in [6.07, 6.45) is -2.81. The summed E-state index contributed by atoms with van der Waals surface area (Å²) in [6.45, 7) is -0.240. The number of anilines is 1. The number of aromatic nitrogens is 3. The van der Waals surface area contributed by atoms with E-state index in [1.807, 2.05) is 54.6 Å². The van der Waals surface area contributed by atoms with Gasteiger partial charge in [0.1, 0.15) is 11.3 Å². The van der Waals surface area contributed by atoms with Crippen molar-refractivity contribution in [2.45, 2.75) is 25.1 Å². The number of carbonyl (C=O) groups excluding carboxylic acids is 2. The number of methoxy groups -OCH3 is 1. The number of hydrogen-bond acceptors (Lipinski definition) is 6. The first-order valence-corrected chi connectivity index (χ1v) is 12.5. The van der Waals surface area contributed by atoms with E-state index in [1.165, 1.54) is 6.20 Å². The van der Waals surface area contributed by atoms with Crippen LogP contribution < -0.4 is 15.4 Å². The SMILES string of the molecule is COc1cc(-c2ccc3ncc(NC(=O)NC4CCCN(C(=O)C(F)(F)F)C4)nc3n2)ccc1-c1ccccc1. The van der Waals surface area contributed by atoms with Crippen molar-refractivity contribution in [1.82, 2.24) is 25.2 Å². The number of nitrogens with one attached hydrogen (secondary N) is 2. The zero-order valence-electron chi connectivity index (χ0n) is 21.4. The van der Waals surface area contributed by atoms with E-state index in [4.69, 9.17) is 4.74 Å². The molecule has 1 atom stereocenters. The van der Waals surface area contributed by atoms with Gasteiger partial charge in [-0.2, -0.15) is 13.2 Å². The molecule has 3 heterocycles. The normalized spacial score (nSPS) is 15.5. The first kappa shape index (κ1) is 26.9. The van der Waals surface area contributed by atoms with Crippen LogP contribution in [-0.4, -0.2) is 64.2 Å². The van der Waals surface area contributed by atoms with Gasteiger partial charge in [0.05, 0.1) is 19.0 Å². The molecule has 9 nitrogen and oxygen atoms in total. The van der Waals surface area contributed by atoms with Crippen LogP contribution in [0.1, 0.15) is 12.8 Å². The summed E-state index contributed by atoms with van der Waals surface area (Å²) < 4.78 is 44.0. The van der Waals surface area contributed by atoms with E-state index in [1.54, 1.807) is 13.2 Å². The summed E-state index contributed by atoms with van der Waals surface area (Å²) in [6, 6.07) is 17.9. The zero-order valence-corrected chi connectivity index (χ0v) is 21.4. The number of hydrogen-bond donors (Lipinski definition) is 2. The second-order valence-corrected chi connectivity index (χ2v) is 9.26. The number of piperidine rings is 1. The quantitative estimate of drug-likeness (QED) is 0.360. The third-order valence-corrected chi connectivity index (χ3v) is 6.52. The molecule has 40 heavy (non-hydrogen) atoms. The predicted octanol–water partition coefficient (Wildman–Crippen LogP) is 5.04. The molecule has 1 aliphatic rings. The Labute approximate surface area is 227 Å². The molecule has 0 saturated carbocycles. The Morgan fingerprint density at radius 2 is 1.82 bits per heavy atom. The summed E-state index contributed by atoms with van der Waals surface area (Å²) in [5, 5.41) is 5.16. The van der Waals surface area contributed by atoms with Gasteiger partial charge in [-0.1, -0.05) is 36.4 Å². The van der Waals surface area contributed by atoms with Gasteiger partial charge < -0.3 is 15.0 Å². The molecule has 1 fully saturated rings. The topological polar surface area (TPSA) is 109 Å². The van der Waals surface area contributed by atoms with Crippen molar-refractivity contribution in [3.63, 3.8) is 0 Å². The number of benzene rings is 2. The Morgan fingerprint density at radius 3 is 2.58 bits per heavy atom. The highest BCUT2D eigenvalue weighted by Crippen LogP contribution is 2.34. The molecule has 206 valence electrons. The largest absolute Gasteiger partial charge is 0.496 e. The van der Waals surface area contributed by atoms with Crippen LogP contribution in [0.4, 0.5) is 23.8 Å². The van der Waals surface area contributed by atoms with Crippen molar-refractivity contribution in [2.75, 3.05) is 25.5 Å². The van der Waals surface area contributed by atoms with Gasteiger partial charge in [-0.15, -0.1) is 0 Å². The molecule has 1 saturated heterocycles. The van der Waals surface area contributed by atoms with Crippen LogP contribution in [0.5, 0.6) is 5.75 Å². The molecule has 3 amide bonds. The van der Waals surface area contributed by atoms with Crippen molar-refractivity contribution in [3.8, 4) is 28.1 Å². The molecule has 2 aromatic heterocycles. The lowest BCUT2D eigenvalue weighted by Gasteiger charge is -2.33. The fraction of sp³-hybridized carbons (Fsp3) is 0.250. The van der Waals surface area contributed by atoms with Gasteiger partial charge in [-0.25, -0.2) is 19.7 Å². The van der Waals surface area contributed by atoms with Gasteiger partial charge >= 0.3 is 18.1 Å². The van der Waals surface area contributed by atoms with E-state index < -0.39 is 24.2 Å². The number of carbonyl (C=O) groups is 2. The van der Waals surface area contributed by atoms with Crippen LogP contribution in [0.25, 0.3) is 33.5 Å². The third-order valence-electron chi connectivity index (χ3n) is 6.52. The highest BCUT2D eigenvalue weighted by Gasteiger charge is 2.43. The van der Waals surface area contributed by atoms with Crippen molar-refractivity contribution in [2.24, 2.45) is 0 Å². The first-order chi connectivity index (χ1) is 19.2. The van der Waals surface area contributed by atoms with Crippen molar-refractivity contribution in [3.05, 3.63) is 66.9 Å². The standard InChI is InChI=1S/C28H25F3N6O3/c1-40-23-14-18(9-10-20(23)17-6-3-2-4-7-17)21-11-12-22-25(34-21)35-24(15-32-22)36-27(39)33-19-8-5-13-37(16-19)26(38)28(29,30)31/h2-4,6-7,9-12,14-15,19H,5,8,13,16H2,1H3,(H2,33,34,35,36,39). The van der Waals surface area contributed by atoms with Crippen LogP contribution in [0.15, 0.2) is 66.9 Å². The van der Waals surface area contributed by atoms with Gasteiger partial charge in [0.2, 0.25) is 0 Å². The maximum Gasteiger partial charge on any atom is 0.471 e. The maximum absolute atomic E-state index is 12.8. The van der Waals surface area contributed by atoms with Crippen LogP contribution in [-0.2, 0) is 4.79 Å². The summed E-state index contributed by atoms with van der Waals surface area (Å²) in [5.74, 6) is -1.11. The minimum Gasteiger partial charge on any atom is -0.496 e. The monoisotopic (exact) mass is 550 g/mol. The van der Waals surface area contributed by atoms with E-state index in [2.05, 4.69) is 25.6 Å². The molecule has 0 aliphatic carbocycles. The first-order valence-electron chi connectivity index (χ1n) is 12.5. The summed E-state index contributed by atoms with van der Waals surface area (Å²) >= 11 is 0. The molecular weight excluding hydrogens is 525 g/mol. The van der Waals surface area contributed by atoms with Crippen LogP contribution in [0, 0.1) is 0 Å². The minimum atomic E-state index is -4.95. The number of pyridine rings is 1. The number of likely N-dealkylation sites (tertiary alicyclic amines) is 1. The van der Waals surface area contributed by atoms with E-state index in [-0.39, 0.29) is 18.9 Å². The lowest BCUT2D eigenvalue weighted by molar-refractivity contribution is -0.186. The molecule has 12 heteroatoms. The maximum atomic E-state index is 12.8. The lowest BCUT2D eigenvalue weighted by Crippen LogP contribution is -2.53. The van der Waals surface area contributed by atoms with Gasteiger partial charge in [0.15, 0.2) is 11.5 Å². The number of amides is 3. The fourth-order valence-corrected chi connectivity index (χ4v) is 4.62. The average Bonchev–Trinajstić information content (AvgIpc) is 2.96. The number of rotatable bonds is 5. The highest BCUT2D eigenvalue weighted by molar-refractivity contribution is 5.89. The number of nitrogens with zero attached hydrogens (tertiary/aromatic N) is 4. The van der Waals surface area contributed by atoms with Crippen LogP contribution in [0.2, 0.25) is 0 Å². The Balaban J connectivity index is 1.30. The van der Waals surface area contributed by atoms with E-state index >= 15 is 0 Å². The van der Waals surface area contributed by atoms with Crippen molar-refractivity contribution < 1.29 is 27.5 Å². The number of halogens is 3. The van der Waals surface area contributed by atoms with Gasteiger partial charge in [-0.05, 0) is 42.7 Å². The fourth-order valence-electron chi connectivity index (χ4n) is 4.62. The molecule has 1 aliphatic heterocycles. The molecule has 2 N–H and O–H groups in total. The zero-order chi connectivity index (χ0) is 28.3. The second kappa shape index (κ2) is 11.2. The number of urea groups is 1. The molecule has 0 spiro atoms. The number of alkyl halides is 3. The van der Waals surface area contributed by atoms with Gasteiger partial charge in [0, 0.05) is 30.3 Å². The Bertz CT molecular complexity index is 1550. The van der Waals surface area contributed by atoms with Gasteiger partial charge in [-0.3, -0.25) is 10.1 Å². The Kier molecular flexibility index (Phi) is 7.50. The van der Waals surface area contributed by atoms with E-state index in [0.29, 0.717) is 40.3 Å². The third kappa shape index (κ3) is 5.95. The molecule has 2 aromatic carbocycles. The smallest absolute Gasteiger partial charge is 0.471 e. The molecule has 4 aromatic rings. The minimum absolute atomic E-state index is 0.0108. The van der Waals surface area contributed by atoms with Crippen LogP contribution in [0.3, 0.4) is 0 Å². The van der Waals surface area contributed by atoms with Crippen LogP contribution >= 0.6 is 0 Å². The van der Waals surface area contributed by atoms with Gasteiger partial charge in [0.25, 0.3) is 0 Å².